The number of carbonyl (C=O) groups excluding carboxylic acids is 1. The van der Waals surface area contributed by atoms with Crippen LogP contribution in [0.4, 0.5) is 4.39 Å². The van der Waals surface area contributed by atoms with Crippen LogP contribution in [0.1, 0.15) is 44.1 Å². The fourth-order valence-electron chi connectivity index (χ4n) is 4.63. The zero-order valence-electron chi connectivity index (χ0n) is 14.3. The van der Waals surface area contributed by atoms with Gasteiger partial charge in [-0.1, -0.05) is 12.1 Å². The molecule has 1 aromatic carbocycles. The van der Waals surface area contributed by atoms with Gasteiger partial charge in [-0.05, 0) is 56.2 Å². The number of piperidine rings is 1. The summed E-state index contributed by atoms with van der Waals surface area (Å²) < 4.78 is 18.8. The summed E-state index contributed by atoms with van der Waals surface area (Å²) in [4.78, 5) is 13.2. The first-order chi connectivity index (χ1) is 11.7. The first-order valence-electron chi connectivity index (χ1n) is 9.06. The maximum atomic E-state index is 13.3. The summed E-state index contributed by atoms with van der Waals surface area (Å²) in [5.41, 5.74) is 0.317. The third-order valence-corrected chi connectivity index (χ3v) is 5.99. The Balaban J connectivity index is 0.00000182. The first-order valence-corrected chi connectivity index (χ1v) is 9.06. The molecule has 3 saturated heterocycles. The summed E-state index contributed by atoms with van der Waals surface area (Å²) in [7, 11) is 0. The molecule has 2 atom stereocenters. The van der Waals surface area contributed by atoms with E-state index in [2.05, 4.69) is 10.6 Å². The Morgan fingerprint density at radius 2 is 1.72 bits per heavy atom. The number of nitrogens with one attached hydrogen (secondary N) is 2. The van der Waals surface area contributed by atoms with Crippen molar-refractivity contribution in [3.05, 3.63) is 35.6 Å². The van der Waals surface area contributed by atoms with Gasteiger partial charge in [0.15, 0.2) is 0 Å². The highest BCUT2D eigenvalue weighted by Crippen LogP contribution is 2.36. The van der Waals surface area contributed by atoms with Gasteiger partial charge in [-0.2, -0.15) is 0 Å². The molecule has 2 unspecified atom stereocenters. The van der Waals surface area contributed by atoms with Crippen molar-refractivity contribution in [2.24, 2.45) is 0 Å². The molecule has 0 radical (unpaired) electrons. The van der Waals surface area contributed by atoms with Crippen molar-refractivity contribution in [3.63, 3.8) is 0 Å². The number of carbonyl (C=O) groups is 1. The second-order valence-electron chi connectivity index (χ2n) is 7.48. The van der Waals surface area contributed by atoms with Gasteiger partial charge in [-0.25, -0.2) is 4.39 Å². The van der Waals surface area contributed by atoms with E-state index in [1.807, 2.05) is 0 Å². The lowest BCUT2D eigenvalue weighted by Gasteiger charge is -2.39. The number of hydrogen-bond donors (Lipinski definition) is 2. The van der Waals surface area contributed by atoms with Crippen LogP contribution in [-0.2, 0) is 14.9 Å². The molecule has 6 heteroatoms. The van der Waals surface area contributed by atoms with Crippen molar-refractivity contribution in [3.8, 4) is 0 Å². The summed E-state index contributed by atoms with van der Waals surface area (Å²) in [6, 6.07) is 7.75. The number of ether oxygens (including phenoxy) is 1. The summed E-state index contributed by atoms with van der Waals surface area (Å²) in [5, 5.41) is 6.92. The maximum absolute atomic E-state index is 13.3. The van der Waals surface area contributed by atoms with Gasteiger partial charge in [-0.15, -0.1) is 12.4 Å². The van der Waals surface area contributed by atoms with E-state index >= 15 is 0 Å². The Labute approximate surface area is 154 Å². The van der Waals surface area contributed by atoms with Gasteiger partial charge in [0.05, 0.1) is 5.41 Å². The molecule has 4 rings (SSSR count). The number of fused-ring (bicyclic) bond motifs is 2. The molecule has 2 N–H and O–H groups in total. The minimum absolute atomic E-state index is 0. The molecule has 3 aliphatic heterocycles. The number of hydrogen-bond acceptors (Lipinski definition) is 3. The lowest BCUT2D eigenvalue weighted by atomic mass is 9.73. The molecule has 2 bridgehead atoms. The van der Waals surface area contributed by atoms with Crippen LogP contribution in [0.2, 0.25) is 0 Å². The minimum atomic E-state index is -0.587. The van der Waals surface area contributed by atoms with Crippen LogP contribution in [0, 0.1) is 5.82 Å². The summed E-state index contributed by atoms with van der Waals surface area (Å²) in [5.74, 6) is -0.181. The molecule has 4 nitrogen and oxygen atoms in total. The van der Waals surface area contributed by atoms with E-state index in [-0.39, 0.29) is 30.2 Å². The number of amides is 1. The van der Waals surface area contributed by atoms with Crippen LogP contribution in [0.3, 0.4) is 0 Å². The van der Waals surface area contributed by atoms with Crippen molar-refractivity contribution in [2.45, 2.75) is 62.1 Å². The molecular weight excluding hydrogens is 343 g/mol. The molecule has 1 amide bonds. The molecule has 0 aromatic heterocycles. The molecule has 0 aliphatic carbocycles. The predicted octanol–water partition coefficient (Wildman–Crippen LogP) is 2.69. The monoisotopic (exact) mass is 368 g/mol. The first kappa shape index (κ1) is 18.6. The molecule has 3 aliphatic rings. The molecule has 3 fully saturated rings. The number of rotatable bonds is 3. The van der Waals surface area contributed by atoms with Gasteiger partial charge in [0, 0.05) is 31.3 Å². The fraction of sp³-hybridized carbons (Fsp3) is 0.632. The Hall–Kier alpha value is -1.17. The third kappa shape index (κ3) is 3.69. The van der Waals surface area contributed by atoms with E-state index in [9.17, 15) is 9.18 Å². The van der Waals surface area contributed by atoms with E-state index < -0.39 is 5.41 Å². The van der Waals surface area contributed by atoms with Crippen LogP contribution in [0.25, 0.3) is 0 Å². The van der Waals surface area contributed by atoms with E-state index in [0.29, 0.717) is 38.1 Å². The Morgan fingerprint density at radius 3 is 2.32 bits per heavy atom. The summed E-state index contributed by atoms with van der Waals surface area (Å²) >= 11 is 0. The molecule has 25 heavy (non-hydrogen) atoms. The molecule has 138 valence electrons. The topological polar surface area (TPSA) is 50.4 Å². The SMILES string of the molecule is Cl.O=C(NC1CC2CCC(C1)N2)C1(c2ccc(F)cc2)CCOCC1. The van der Waals surface area contributed by atoms with Crippen molar-refractivity contribution < 1.29 is 13.9 Å². The second kappa shape index (κ2) is 7.60. The normalized spacial score (nSPS) is 30.4. The average molecular weight is 369 g/mol. The van der Waals surface area contributed by atoms with E-state index in [1.54, 1.807) is 12.1 Å². The minimum Gasteiger partial charge on any atom is -0.381 e. The predicted molar refractivity (Wildman–Crippen MR) is 96.5 cm³/mol. The van der Waals surface area contributed by atoms with Gasteiger partial charge in [0.25, 0.3) is 0 Å². The highest BCUT2D eigenvalue weighted by Gasteiger charge is 2.43. The fourth-order valence-corrected chi connectivity index (χ4v) is 4.63. The molecule has 0 spiro atoms. The highest BCUT2D eigenvalue weighted by atomic mass is 35.5. The zero-order valence-corrected chi connectivity index (χ0v) is 15.1. The van der Waals surface area contributed by atoms with Gasteiger partial charge in [0.1, 0.15) is 5.82 Å². The number of halogens is 2. The smallest absolute Gasteiger partial charge is 0.231 e. The van der Waals surface area contributed by atoms with Crippen molar-refractivity contribution in [1.82, 2.24) is 10.6 Å². The van der Waals surface area contributed by atoms with Gasteiger partial charge in [-0.3, -0.25) is 4.79 Å². The van der Waals surface area contributed by atoms with Crippen LogP contribution in [-0.4, -0.2) is 37.2 Å². The molecule has 0 saturated carbocycles. The Morgan fingerprint density at radius 1 is 1.12 bits per heavy atom. The van der Waals surface area contributed by atoms with Crippen LogP contribution in [0.5, 0.6) is 0 Å². The van der Waals surface area contributed by atoms with Crippen LogP contribution in [0.15, 0.2) is 24.3 Å². The lowest BCUT2D eigenvalue weighted by molar-refractivity contribution is -0.131. The molecule has 3 heterocycles. The molecule has 1 aromatic rings. The standard InChI is InChI=1S/C19H25FN2O2.ClH/c20-14-3-1-13(2-4-14)19(7-9-24-10-8-19)18(23)22-17-11-15-5-6-16(12-17)21-15;/h1-4,15-17,21H,5-12H2,(H,22,23);1H. The lowest BCUT2D eigenvalue weighted by Crippen LogP contribution is -2.54. The van der Waals surface area contributed by atoms with Gasteiger partial charge >= 0.3 is 0 Å². The Bertz CT molecular complexity index is 592. The van der Waals surface area contributed by atoms with Crippen LogP contribution < -0.4 is 10.6 Å². The van der Waals surface area contributed by atoms with Gasteiger partial charge in [0.2, 0.25) is 5.91 Å². The largest absolute Gasteiger partial charge is 0.381 e. The highest BCUT2D eigenvalue weighted by molar-refractivity contribution is 5.88. The van der Waals surface area contributed by atoms with E-state index in [1.165, 1.54) is 25.0 Å². The summed E-state index contributed by atoms with van der Waals surface area (Å²) in [6.07, 6.45) is 5.77. The average Bonchev–Trinajstić information content (AvgIpc) is 2.94. The van der Waals surface area contributed by atoms with Crippen molar-refractivity contribution >= 4 is 18.3 Å². The quantitative estimate of drug-likeness (QED) is 0.862. The van der Waals surface area contributed by atoms with Crippen LogP contribution >= 0.6 is 12.4 Å². The van der Waals surface area contributed by atoms with E-state index in [0.717, 1.165) is 18.4 Å². The van der Waals surface area contributed by atoms with Crippen molar-refractivity contribution in [2.75, 3.05) is 13.2 Å². The summed E-state index contributed by atoms with van der Waals surface area (Å²) in [6.45, 7) is 1.14. The number of benzene rings is 1. The Kier molecular flexibility index (Phi) is 5.66. The third-order valence-electron chi connectivity index (χ3n) is 5.99. The maximum Gasteiger partial charge on any atom is 0.231 e. The molecular formula is C19H26ClFN2O2. The zero-order chi connectivity index (χ0) is 16.6. The van der Waals surface area contributed by atoms with Crippen molar-refractivity contribution in [1.29, 1.82) is 0 Å². The second-order valence-corrected chi connectivity index (χ2v) is 7.48. The van der Waals surface area contributed by atoms with Gasteiger partial charge < -0.3 is 15.4 Å². The van der Waals surface area contributed by atoms with E-state index in [4.69, 9.17) is 4.74 Å².